The minimum Gasteiger partial charge on any atom is -0.337 e. The lowest BCUT2D eigenvalue weighted by Crippen LogP contribution is -3.08. The summed E-state index contributed by atoms with van der Waals surface area (Å²) in [5, 5.41) is 1.18. The van der Waals surface area contributed by atoms with Gasteiger partial charge in [-0.1, -0.05) is 42.0 Å². The number of hydrogen-bond acceptors (Lipinski definition) is 3. The van der Waals surface area contributed by atoms with Crippen LogP contribution in [-0.2, 0) is 11.3 Å². The van der Waals surface area contributed by atoms with Gasteiger partial charge in [0, 0.05) is 24.6 Å². The average Bonchev–Trinajstić information content (AvgIpc) is 3.14. The second-order valence-corrected chi connectivity index (χ2v) is 9.06. The Balaban J connectivity index is 1.36. The van der Waals surface area contributed by atoms with E-state index in [0.29, 0.717) is 12.5 Å². The minimum absolute atomic E-state index is 0.260. The molecule has 1 saturated heterocycles. The van der Waals surface area contributed by atoms with Crippen LogP contribution < -0.4 is 4.90 Å². The lowest BCUT2D eigenvalue weighted by molar-refractivity contribution is -0.885. The van der Waals surface area contributed by atoms with Gasteiger partial charge in [0.1, 0.15) is 6.54 Å². The van der Waals surface area contributed by atoms with Crippen molar-refractivity contribution in [3.05, 3.63) is 64.7 Å². The minimum atomic E-state index is 0.260. The fourth-order valence-electron chi connectivity index (χ4n) is 3.96. The molecule has 2 heterocycles. The SMILES string of the molecule is Cc1ccc(C[NH+](C)CC(=O)N2CCC[C@H](c3nc4ccccc4s3)C2)cc1. The van der Waals surface area contributed by atoms with Crippen molar-refractivity contribution < 1.29 is 9.69 Å². The highest BCUT2D eigenvalue weighted by molar-refractivity contribution is 7.18. The summed E-state index contributed by atoms with van der Waals surface area (Å²) in [5.41, 5.74) is 3.63. The van der Waals surface area contributed by atoms with E-state index in [9.17, 15) is 4.79 Å². The number of likely N-dealkylation sites (N-methyl/N-ethyl adjacent to an activating group) is 1. The first-order valence-electron chi connectivity index (χ1n) is 10.1. The van der Waals surface area contributed by atoms with E-state index in [-0.39, 0.29) is 5.91 Å². The molecule has 1 N–H and O–H groups in total. The first-order chi connectivity index (χ1) is 13.6. The summed E-state index contributed by atoms with van der Waals surface area (Å²) in [6, 6.07) is 16.9. The fraction of sp³-hybridized carbons (Fsp3) is 0.391. The van der Waals surface area contributed by atoms with Crippen LogP contribution in [-0.4, -0.2) is 42.5 Å². The maximum atomic E-state index is 12.9. The van der Waals surface area contributed by atoms with Crippen molar-refractivity contribution in [2.24, 2.45) is 0 Å². The molecule has 0 aliphatic carbocycles. The molecule has 0 spiro atoms. The lowest BCUT2D eigenvalue weighted by atomic mass is 9.98. The van der Waals surface area contributed by atoms with Crippen molar-refractivity contribution in [3.8, 4) is 0 Å². The van der Waals surface area contributed by atoms with Gasteiger partial charge in [0.2, 0.25) is 0 Å². The number of rotatable bonds is 5. The Labute approximate surface area is 170 Å². The molecule has 0 saturated carbocycles. The Bertz CT molecular complexity index is 917. The summed E-state index contributed by atoms with van der Waals surface area (Å²) in [4.78, 5) is 21.0. The molecule has 146 valence electrons. The molecule has 4 nitrogen and oxygen atoms in total. The van der Waals surface area contributed by atoms with Gasteiger partial charge in [0.25, 0.3) is 5.91 Å². The summed E-state index contributed by atoms with van der Waals surface area (Å²) in [7, 11) is 2.10. The van der Waals surface area contributed by atoms with Gasteiger partial charge in [-0.05, 0) is 31.9 Å². The molecule has 1 amide bonds. The van der Waals surface area contributed by atoms with Gasteiger partial charge < -0.3 is 9.80 Å². The normalized spacial score (nSPS) is 18.4. The summed E-state index contributed by atoms with van der Waals surface area (Å²) < 4.78 is 1.24. The molecule has 1 fully saturated rings. The van der Waals surface area contributed by atoms with E-state index in [1.807, 2.05) is 6.07 Å². The Morgan fingerprint density at radius 3 is 2.79 bits per heavy atom. The predicted octanol–water partition coefficient (Wildman–Crippen LogP) is 3.03. The molecule has 2 atom stereocenters. The number of quaternary nitrogens is 1. The zero-order chi connectivity index (χ0) is 19.5. The lowest BCUT2D eigenvalue weighted by Gasteiger charge is -2.32. The van der Waals surface area contributed by atoms with E-state index in [4.69, 9.17) is 4.98 Å². The number of aromatic nitrogens is 1. The first-order valence-corrected chi connectivity index (χ1v) is 10.9. The molecular weight excluding hydrogens is 366 g/mol. The second kappa shape index (κ2) is 8.41. The van der Waals surface area contributed by atoms with Crippen molar-refractivity contribution in [1.82, 2.24) is 9.88 Å². The standard InChI is InChI=1S/C23H27N3OS/c1-17-9-11-18(12-10-17)14-25(2)16-22(27)26-13-5-6-19(15-26)23-24-20-7-3-4-8-21(20)28-23/h3-4,7-12,19H,5-6,13-16H2,1-2H3/p+1/t19-/m0/s1. The number of hydrogen-bond donors (Lipinski definition) is 1. The van der Waals surface area contributed by atoms with Gasteiger partial charge in [0.15, 0.2) is 6.54 Å². The second-order valence-electron chi connectivity index (χ2n) is 7.99. The Morgan fingerprint density at radius 2 is 2.00 bits per heavy atom. The summed E-state index contributed by atoms with van der Waals surface area (Å²) in [5.74, 6) is 0.628. The van der Waals surface area contributed by atoms with Crippen LogP contribution >= 0.6 is 11.3 Å². The number of aryl methyl sites for hydroxylation is 1. The van der Waals surface area contributed by atoms with E-state index in [2.05, 4.69) is 61.3 Å². The monoisotopic (exact) mass is 394 g/mol. The molecule has 28 heavy (non-hydrogen) atoms. The van der Waals surface area contributed by atoms with Gasteiger partial charge in [0.05, 0.1) is 22.3 Å². The maximum Gasteiger partial charge on any atom is 0.277 e. The summed E-state index contributed by atoms with van der Waals surface area (Å²) in [6.07, 6.45) is 2.18. The number of carbonyl (C=O) groups excluding carboxylic acids is 1. The zero-order valence-electron chi connectivity index (χ0n) is 16.6. The van der Waals surface area contributed by atoms with Gasteiger partial charge in [-0.3, -0.25) is 4.79 Å². The van der Waals surface area contributed by atoms with Crippen molar-refractivity contribution in [2.75, 3.05) is 26.7 Å². The van der Waals surface area contributed by atoms with Gasteiger partial charge >= 0.3 is 0 Å². The van der Waals surface area contributed by atoms with Crippen LogP contribution in [0, 0.1) is 6.92 Å². The topological polar surface area (TPSA) is 37.6 Å². The number of fused-ring (bicyclic) bond motifs is 1. The molecule has 1 aromatic heterocycles. The van der Waals surface area contributed by atoms with E-state index in [1.54, 1.807) is 11.3 Å². The van der Waals surface area contributed by atoms with Crippen LogP contribution in [0.3, 0.4) is 0 Å². The Hall–Kier alpha value is -2.24. The van der Waals surface area contributed by atoms with Crippen LogP contribution in [0.2, 0.25) is 0 Å². The summed E-state index contributed by atoms with van der Waals surface area (Å²) in [6.45, 7) is 5.19. The van der Waals surface area contributed by atoms with Gasteiger partial charge in [-0.25, -0.2) is 4.98 Å². The number of likely N-dealkylation sites (tertiary alicyclic amines) is 1. The quantitative estimate of drug-likeness (QED) is 0.722. The number of para-hydroxylation sites is 1. The molecule has 3 aromatic rings. The fourth-order valence-corrected chi connectivity index (χ4v) is 5.05. The third-order valence-electron chi connectivity index (χ3n) is 5.51. The van der Waals surface area contributed by atoms with E-state index >= 15 is 0 Å². The molecule has 5 heteroatoms. The van der Waals surface area contributed by atoms with Crippen LogP contribution in [0.15, 0.2) is 48.5 Å². The third-order valence-corrected chi connectivity index (χ3v) is 6.71. The number of piperidine rings is 1. The van der Waals surface area contributed by atoms with Crippen molar-refractivity contribution in [3.63, 3.8) is 0 Å². The number of thiazole rings is 1. The van der Waals surface area contributed by atoms with Gasteiger partial charge in [-0.2, -0.15) is 0 Å². The largest absolute Gasteiger partial charge is 0.337 e. The average molecular weight is 395 g/mol. The van der Waals surface area contributed by atoms with Gasteiger partial charge in [-0.15, -0.1) is 11.3 Å². The molecular formula is C23H28N3OS+. The number of carbonyl (C=O) groups is 1. The molecule has 0 radical (unpaired) electrons. The molecule has 1 aliphatic rings. The highest BCUT2D eigenvalue weighted by Crippen LogP contribution is 2.32. The zero-order valence-corrected chi connectivity index (χ0v) is 17.5. The van der Waals surface area contributed by atoms with Crippen LogP contribution in [0.4, 0.5) is 0 Å². The number of benzene rings is 2. The number of amides is 1. The highest BCUT2D eigenvalue weighted by Gasteiger charge is 2.28. The predicted molar refractivity (Wildman–Crippen MR) is 115 cm³/mol. The van der Waals surface area contributed by atoms with Crippen LogP contribution in [0.25, 0.3) is 10.2 Å². The Kier molecular flexibility index (Phi) is 5.74. The molecule has 2 aromatic carbocycles. The van der Waals surface area contributed by atoms with Crippen molar-refractivity contribution in [2.45, 2.75) is 32.2 Å². The molecule has 0 bridgehead atoms. The van der Waals surface area contributed by atoms with Crippen molar-refractivity contribution in [1.29, 1.82) is 0 Å². The van der Waals surface area contributed by atoms with E-state index in [1.165, 1.54) is 25.7 Å². The Morgan fingerprint density at radius 1 is 1.21 bits per heavy atom. The third kappa shape index (κ3) is 4.42. The molecule has 1 aliphatic heterocycles. The highest BCUT2D eigenvalue weighted by atomic mass is 32.1. The van der Waals surface area contributed by atoms with E-state index in [0.717, 1.165) is 38.0 Å². The number of nitrogens with one attached hydrogen (secondary N) is 1. The van der Waals surface area contributed by atoms with Crippen LogP contribution in [0.1, 0.15) is 34.9 Å². The van der Waals surface area contributed by atoms with E-state index < -0.39 is 0 Å². The maximum absolute atomic E-state index is 12.9. The summed E-state index contributed by atoms with van der Waals surface area (Å²) >= 11 is 1.78. The smallest absolute Gasteiger partial charge is 0.277 e. The first kappa shape index (κ1) is 19.1. The molecule has 4 rings (SSSR count). The number of nitrogens with zero attached hydrogens (tertiary/aromatic N) is 2. The molecule has 1 unspecified atom stereocenters. The van der Waals surface area contributed by atoms with Crippen molar-refractivity contribution >= 4 is 27.5 Å². The van der Waals surface area contributed by atoms with Crippen LogP contribution in [0.5, 0.6) is 0 Å².